The van der Waals surface area contributed by atoms with Gasteiger partial charge in [-0.15, -0.1) is 0 Å². The van der Waals surface area contributed by atoms with E-state index < -0.39 is 11.9 Å². The SMILES string of the molecule is CCNCCN(CC)c1nccn2nc(C(F)(F)F)cc12. The van der Waals surface area contributed by atoms with Gasteiger partial charge in [0.25, 0.3) is 0 Å². The number of hydrogen-bond donors (Lipinski definition) is 1. The van der Waals surface area contributed by atoms with Gasteiger partial charge in [-0.25, -0.2) is 9.50 Å². The van der Waals surface area contributed by atoms with Crippen LogP contribution in [0.15, 0.2) is 18.5 Å². The van der Waals surface area contributed by atoms with Crippen molar-refractivity contribution < 1.29 is 13.2 Å². The van der Waals surface area contributed by atoms with Crippen LogP contribution < -0.4 is 10.2 Å². The summed E-state index contributed by atoms with van der Waals surface area (Å²) < 4.78 is 39.5. The van der Waals surface area contributed by atoms with Crippen molar-refractivity contribution in [3.63, 3.8) is 0 Å². The maximum Gasteiger partial charge on any atom is 0.435 e. The first-order valence-corrected chi connectivity index (χ1v) is 6.84. The van der Waals surface area contributed by atoms with Crippen LogP contribution in [0.3, 0.4) is 0 Å². The number of fused-ring (bicyclic) bond motifs is 1. The van der Waals surface area contributed by atoms with Crippen LogP contribution in [-0.2, 0) is 6.18 Å². The molecule has 0 spiro atoms. The molecule has 0 aliphatic rings. The molecule has 0 unspecified atom stereocenters. The van der Waals surface area contributed by atoms with Gasteiger partial charge in [-0.3, -0.25) is 0 Å². The molecule has 1 N–H and O–H groups in total. The molecule has 8 heteroatoms. The summed E-state index contributed by atoms with van der Waals surface area (Å²) >= 11 is 0. The molecular weight excluding hydrogens is 283 g/mol. The molecule has 0 saturated carbocycles. The minimum Gasteiger partial charge on any atom is -0.354 e. The van der Waals surface area contributed by atoms with Crippen LogP contribution in [0.1, 0.15) is 19.5 Å². The number of nitrogens with one attached hydrogen (secondary N) is 1. The van der Waals surface area contributed by atoms with Crippen molar-refractivity contribution >= 4 is 11.3 Å². The van der Waals surface area contributed by atoms with E-state index in [1.807, 2.05) is 18.7 Å². The Morgan fingerprint density at radius 2 is 2.10 bits per heavy atom. The minimum atomic E-state index is -4.45. The Morgan fingerprint density at radius 1 is 1.33 bits per heavy atom. The second-order valence-electron chi connectivity index (χ2n) is 4.54. The largest absolute Gasteiger partial charge is 0.435 e. The quantitative estimate of drug-likeness (QED) is 0.831. The molecule has 0 bridgehead atoms. The molecule has 0 amide bonds. The molecule has 2 aromatic heterocycles. The van der Waals surface area contributed by atoms with Crippen molar-refractivity contribution in [3.8, 4) is 0 Å². The van der Waals surface area contributed by atoms with E-state index in [1.165, 1.54) is 16.9 Å². The van der Waals surface area contributed by atoms with E-state index in [2.05, 4.69) is 15.4 Å². The molecule has 5 nitrogen and oxygen atoms in total. The summed E-state index contributed by atoms with van der Waals surface area (Å²) in [5.74, 6) is 0.515. The zero-order valence-electron chi connectivity index (χ0n) is 12.0. The molecule has 0 fully saturated rings. The van der Waals surface area contributed by atoms with Crippen LogP contribution in [-0.4, -0.2) is 40.8 Å². The van der Waals surface area contributed by atoms with Gasteiger partial charge >= 0.3 is 6.18 Å². The van der Waals surface area contributed by atoms with Gasteiger partial charge in [0.05, 0.1) is 0 Å². The summed E-state index contributed by atoms with van der Waals surface area (Å²) in [6, 6.07) is 1.04. The summed E-state index contributed by atoms with van der Waals surface area (Å²) in [4.78, 5) is 6.15. The highest BCUT2D eigenvalue weighted by molar-refractivity contribution is 5.69. The molecular formula is C13H18F3N5. The summed E-state index contributed by atoms with van der Waals surface area (Å²) in [6.45, 7) is 6.86. The molecule has 116 valence electrons. The van der Waals surface area contributed by atoms with Gasteiger partial charge in [-0.05, 0) is 13.5 Å². The van der Waals surface area contributed by atoms with Crippen LogP contribution >= 0.6 is 0 Å². The maximum absolute atomic E-state index is 12.8. The second kappa shape index (κ2) is 6.30. The Hall–Kier alpha value is -1.83. The van der Waals surface area contributed by atoms with E-state index in [-0.39, 0.29) is 0 Å². The van der Waals surface area contributed by atoms with Crippen molar-refractivity contribution in [2.75, 3.05) is 31.1 Å². The van der Waals surface area contributed by atoms with Crippen molar-refractivity contribution in [1.82, 2.24) is 19.9 Å². The van der Waals surface area contributed by atoms with Crippen LogP contribution in [0.4, 0.5) is 19.0 Å². The van der Waals surface area contributed by atoms with Gasteiger partial charge < -0.3 is 10.2 Å². The summed E-state index contributed by atoms with van der Waals surface area (Å²) in [6.07, 6.45) is -1.57. The van der Waals surface area contributed by atoms with Gasteiger partial charge in [-0.1, -0.05) is 6.92 Å². The lowest BCUT2D eigenvalue weighted by molar-refractivity contribution is -0.141. The molecule has 0 aromatic carbocycles. The highest BCUT2D eigenvalue weighted by Crippen LogP contribution is 2.30. The Kier molecular flexibility index (Phi) is 4.66. The normalized spacial score (nSPS) is 12.0. The zero-order valence-corrected chi connectivity index (χ0v) is 12.0. The van der Waals surface area contributed by atoms with Crippen molar-refractivity contribution in [1.29, 1.82) is 0 Å². The highest BCUT2D eigenvalue weighted by atomic mass is 19.4. The first kappa shape index (κ1) is 15.6. The number of halogens is 3. The van der Waals surface area contributed by atoms with E-state index in [9.17, 15) is 13.2 Å². The molecule has 0 aliphatic carbocycles. The van der Waals surface area contributed by atoms with E-state index in [0.29, 0.717) is 24.4 Å². The Morgan fingerprint density at radius 3 is 2.71 bits per heavy atom. The van der Waals surface area contributed by atoms with E-state index in [1.54, 1.807) is 0 Å². The smallest absolute Gasteiger partial charge is 0.354 e. The maximum atomic E-state index is 12.8. The minimum absolute atomic E-state index is 0.364. The summed E-state index contributed by atoms with van der Waals surface area (Å²) in [5, 5.41) is 6.76. The lowest BCUT2D eigenvalue weighted by atomic mass is 10.3. The van der Waals surface area contributed by atoms with Gasteiger partial charge in [0, 0.05) is 38.1 Å². The Balaban J connectivity index is 2.36. The number of anilines is 1. The van der Waals surface area contributed by atoms with Gasteiger partial charge in [0.1, 0.15) is 5.52 Å². The lowest BCUT2D eigenvalue weighted by Gasteiger charge is -2.22. The van der Waals surface area contributed by atoms with Crippen LogP contribution in [0.25, 0.3) is 5.52 Å². The molecule has 2 rings (SSSR count). The first-order valence-electron chi connectivity index (χ1n) is 6.84. The number of aromatic nitrogens is 3. The Bertz CT molecular complexity index is 593. The van der Waals surface area contributed by atoms with E-state index in [4.69, 9.17) is 0 Å². The average molecular weight is 301 g/mol. The van der Waals surface area contributed by atoms with E-state index >= 15 is 0 Å². The molecule has 0 aliphatic heterocycles. The first-order chi connectivity index (χ1) is 9.97. The van der Waals surface area contributed by atoms with Crippen molar-refractivity contribution in [2.45, 2.75) is 20.0 Å². The van der Waals surface area contributed by atoms with Gasteiger partial charge in [0.2, 0.25) is 0 Å². The van der Waals surface area contributed by atoms with Crippen molar-refractivity contribution in [3.05, 3.63) is 24.2 Å². The molecule has 2 aromatic rings. The predicted octanol–water partition coefficient (Wildman–Crippen LogP) is 2.18. The zero-order chi connectivity index (χ0) is 15.5. The molecule has 21 heavy (non-hydrogen) atoms. The summed E-state index contributed by atoms with van der Waals surface area (Å²) in [5.41, 5.74) is -0.539. The van der Waals surface area contributed by atoms with Crippen LogP contribution in [0.2, 0.25) is 0 Å². The number of alkyl halides is 3. The third-order valence-electron chi connectivity index (χ3n) is 3.15. The van der Waals surface area contributed by atoms with Gasteiger partial charge in [0.15, 0.2) is 11.5 Å². The fourth-order valence-corrected chi connectivity index (χ4v) is 2.10. The number of likely N-dealkylation sites (N-methyl/N-ethyl adjacent to an activating group) is 2. The van der Waals surface area contributed by atoms with Gasteiger partial charge in [-0.2, -0.15) is 18.3 Å². The second-order valence-corrected chi connectivity index (χ2v) is 4.54. The van der Waals surface area contributed by atoms with E-state index in [0.717, 1.165) is 19.2 Å². The molecule has 2 heterocycles. The molecule has 0 radical (unpaired) electrons. The fraction of sp³-hybridized carbons (Fsp3) is 0.538. The van der Waals surface area contributed by atoms with Crippen molar-refractivity contribution in [2.24, 2.45) is 0 Å². The van der Waals surface area contributed by atoms with Crippen LogP contribution in [0.5, 0.6) is 0 Å². The lowest BCUT2D eigenvalue weighted by Crippen LogP contribution is -2.32. The predicted molar refractivity (Wildman–Crippen MR) is 74.4 cm³/mol. The number of hydrogen-bond acceptors (Lipinski definition) is 4. The monoisotopic (exact) mass is 301 g/mol. The standard InChI is InChI=1S/C13H18F3N5/c1-3-17-5-7-20(4-2)12-10-9-11(13(14,15)16)19-21(10)8-6-18-12/h6,8-9,17H,3-5,7H2,1-2H3. The number of nitrogens with zero attached hydrogens (tertiary/aromatic N) is 4. The number of rotatable bonds is 6. The Labute approximate surface area is 120 Å². The third-order valence-corrected chi connectivity index (χ3v) is 3.15. The molecule has 0 saturated heterocycles. The third kappa shape index (κ3) is 3.44. The average Bonchev–Trinajstić information content (AvgIpc) is 2.88. The summed E-state index contributed by atoms with van der Waals surface area (Å²) in [7, 11) is 0. The molecule has 0 atom stereocenters. The topological polar surface area (TPSA) is 45.5 Å². The highest BCUT2D eigenvalue weighted by Gasteiger charge is 2.34. The van der Waals surface area contributed by atoms with Crippen LogP contribution in [0, 0.1) is 0 Å². The fourth-order valence-electron chi connectivity index (χ4n) is 2.10.